The Labute approximate surface area is 65.0 Å². The first-order chi connectivity index (χ1) is 4.00. The molecule has 0 saturated heterocycles. The van der Waals surface area contributed by atoms with Crippen LogP contribution >= 0.6 is 25.5 Å². The summed E-state index contributed by atoms with van der Waals surface area (Å²) >= 11 is 0. The van der Waals surface area contributed by atoms with Crippen molar-refractivity contribution >= 4 is 25.5 Å². The van der Waals surface area contributed by atoms with E-state index in [2.05, 4.69) is 0 Å². The molecule has 11 heteroatoms. The van der Waals surface area contributed by atoms with Crippen LogP contribution in [0.5, 0.6) is 0 Å². The number of hydrogen-bond acceptors (Lipinski definition) is 2. The van der Waals surface area contributed by atoms with Gasteiger partial charge in [-0.2, -0.15) is 9.90 Å². The predicted molar refractivity (Wildman–Crippen MR) is 39.6 cm³/mol. The maximum Gasteiger partial charge on any atom is 0.466 e. The van der Waals surface area contributed by atoms with E-state index in [0.29, 0.717) is 0 Å². The molecule has 11 heavy (non-hydrogen) atoms. The van der Waals surface area contributed by atoms with Crippen LogP contribution in [0.2, 0.25) is 0 Å². The molecule has 0 aromatic carbocycles. The Hall–Kier alpha value is 0.650. The predicted octanol–water partition coefficient (Wildman–Crippen LogP) is -1.80. The summed E-state index contributed by atoms with van der Waals surface area (Å²) in [7, 11) is -9.28. The molecule has 0 aromatic heterocycles. The summed E-state index contributed by atoms with van der Waals surface area (Å²) in [6, 6.07) is 0. The van der Waals surface area contributed by atoms with Crippen molar-refractivity contribution in [3.8, 4) is 0 Å². The minimum Gasteiger partial charge on any atom is -0.303 e. The quantitative estimate of drug-likeness (QED) is 0.266. The molecule has 0 aliphatic carbocycles. The van der Waals surface area contributed by atoms with E-state index in [1.165, 1.54) is 0 Å². The fraction of sp³-hybridized carbons (Fsp3) is 0. The van der Waals surface area contributed by atoms with Gasteiger partial charge in [-0.15, -0.1) is 0 Å². The highest BCUT2D eigenvalue weighted by atomic mass is 31.2. The number of phosphoric acid groups is 2. The molecule has 0 heterocycles. The number of hydrogen-bond donors (Lipinski definition) is 6. The van der Waals surface area contributed by atoms with Crippen LogP contribution < -0.4 is 0 Å². The molecule has 0 aromatic rings. The molecule has 8 nitrogen and oxygen atoms in total. The normalized spacial score (nSPS) is 10.7. The van der Waals surface area contributed by atoms with Gasteiger partial charge in [0, 0.05) is 0 Å². The smallest absolute Gasteiger partial charge is 0.303 e. The minimum atomic E-state index is -4.64. The van der Waals surface area contributed by atoms with Gasteiger partial charge in [-0.05, 0) is 0 Å². The van der Waals surface area contributed by atoms with E-state index in [1.54, 1.807) is 0 Å². The van der Waals surface area contributed by atoms with Crippen LogP contribution in [0.4, 0.5) is 0 Å². The van der Waals surface area contributed by atoms with Crippen molar-refractivity contribution in [2.45, 2.75) is 0 Å². The maximum atomic E-state index is 8.88. The van der Waals surface area contributed by atoms with Gasteiger partial charge in [0.05, 0.1) is 0 Å². The summed E-state index contributed by atoms with van der Waals surface area (Å²) < 4.78 is 17.8. The zero-order valence-electron chi connectivity index (χ0n) is 5.10. The Morgan fingerprint density at radius 1 is 0.636 bits per heavy atom. The van der Waals surface area contributed by atoms with Gasteiger partial charge < -0.3 is 29.4 Å². The zero-order valence-corrected chi connectivity index (χ0v) is 8.30. The van der Waals surface area contributed by atoms with Crippen molar-refractivity contribution in [2.75, 3.05) is 0 Å². The highest BCUT2D eigenvalue weighted by Gasteiger charge is 2.00. The largest absolute Gasteiger partial charge is 0.466 e. The lowest BCUT2D eigenvalue weighted by atomic mass is 15.8. The molecule has 6 N–H and O–H groups in total. The van der Waals surface area contributed by atoms with Crippen LogP contribution in [-0.4, -0.2) is 29.4 Å². The average Bonchev–Trinajstić information content (AvgIpc) is 1.12. The van der Waals surface area contributed by atoms with Gasteiger partial charge in [0.2, 0.25) is 0 Å². The van der Waals surface area contributed by atoms with E-state index in [9.17, 15) is 0 Å². The second kappa shape index (κ2) is 6.20. The van der Waals surface area contributed by atoms with Gasteiger partial charge in [-0.25, -0.2) is 9.13 Å². The Balaban J connectivity index is -0.000000107. The second-order valence-electron chi connectivity index (χ2n) is 1.03. The van der Waals surface area contributed by atoms with Crippen LogP contribution in [-0.2, 0) is 9.13 Å². The van der Waals surface area contributed by atoms with Crippen molar-refractivity contribution in [2.24, 2.45) is 0 Å². The van der Waals surface area contributed by atoms with Gasteiger partial charge in [0.25, 0.3) is 0 Å². The topological polar surface area (TPSA) is 156 Å². The average molecular weight is 230 g/mol. The third-order valence-corrected chi connectivity index (χ3v) is 0. The molecule has 0 spiro atoms. The Morgan fingerprint density at radius 3 is 0.636 bits per heavy atom. The molecule has 72 valence electrons. The summed E-state index contributed by atoms with van der Waals surface area (Å²) in [4.78, 5) is 43.1. The second-order valence-corrected chi connectivity index (χ2v) is 3.08. The van der Waals surface area contributed by atoms with E-state index in [1.807, 2.05) is 0 Å². The van der Waals surface area contributed by atoms with Crippen molar-refractivity contribution in [3.63, 3.8) is 0 Å². The molecule has 0 amide bonds. The first kappa shape index (κ1) is 17.7. The van der Waals surface area contributed by atoms with Crippen LogP contribution in [0.3, 0.4) is 0 Å². The third kappa shape index (κ3) is 1890. The van der Waals surface area contributed by atoms with E-state index < -0.39 is 15.6 Å². The summed E-state index contributed by atoms with van der Waals surface area (Å²) in [5.41, 5.74) is 0. The molecular weight excluding hydrogens is 221 g/mol. The molecule has 0 radical (unpaired) electrons. The summed E-state index contributed by atoms with van der Waals surface area (Å²) in [6.07, 6.45) is 0. The van der Waals surface area contributed by atoms with Crippen LogP contribution in [0, 0.1) is 0 Å². The standard InChI is InChI=1S/2H3O4P.H3P/c2*1-5(2,3)4;/h2*(H3,1,2,3,4);1H3. The fourth-order valence-electron chi connectivity index (χ4n) is 0. The molecular formula is H9O8P3. The summed E-state index contributed by atoms with van der Waals surface area (Å²) in [6.45, 7) is 0. The Bertz CT molecular complexity index is 122. The molecule has 1 atom stereocenters. The molecule has 0 bridgehead atoms. The Kier molecular flexibility index (Phi) is 9.95. The van der Waals surface area contributed by atoms with Gasteiger partial charge in [-0.3, -0.25) is 0 Å². The maximum absolute atomic E-state index is 8.88. The van der Waals surface area contributed by atoms with Gasteiger partial charge in [0.1, 0.15) is 0 Å². The van der Waals surface area contributed by atoms with Gasteiger partial charge >= 0.3 is 15.6 Å². The van der Waals surface area contributed by atoms with Crippen molar-refractivity contribution < 1.29 is 38.5 Å². The molecule has 0 aliphatic rings. The van der Waals surface area contributed by atoms with Crippen LogP contribution in [0.25, 0.3) is 0 Å². The lowest BCUT2D eigenvalue weighted by molar-refractivity contribution is 0.272. The van der Waals surface area contributed by atoms with Crippen molar-refractivity contribution in [3.05, 3.63) is 0 Å². The molecule has 1 unspecified atom stereocenters. The van der Waals surface area contributed by atoms with Crippen molar-refractivity contribution in [1.82, 2.24) is 0 Å². The van der Waals surface area contributed by atoms with Gasteiger partial charge in [0.15, 0.2) is 0 Å². The highest BCUT2D eigenvalue weighted by Crippen LogP contribution is 2.26. The Morgan fingerprint density at radius 2 is 0.636 bits per heavy atom. The van der Waals surface area contributed by atoms with Crippen molar-refractivity contribution in [1.29, 1.82) is 0 Å². The monoisotopic (exact) mass is 230 g/mol. The minimum absolute atomic E-state index is 0. The third-order valence-electron chi connectivity index (χ3n) is 0. The number of rotatable bonds is 0. The molecule has 0 saturated carbocycles. The lowest BCUT2D eigenvalue weighted by Gasteiger charge is -1.82. The SMILES string of the molecule is O=P(O)(O)O.O=P(O)(O)O.P. The van der Waals surface area contributed by atoms with Crippen LogP contribution in [0.1, 0.15) is 0 Å². The van der Waals surface area contributed by atoms with E-state index in [4.69, 9.17) is 38.5 Å². The summed E-state index contributed by atoms with van der Waals surface area (Å²) in [5, 5.41) is 0. The summed E-state index contributed by atoms with van der Waals surface area (Å²) in [5.74, 6) is 0. The molecule has 0 rings (SSSR count). The molecule has 0 fully saturated rings. The zero-order chi connectivity index (χ0) is 9.00. The van der Waals surface area contributed by atoms with E-state index in [0.717, 1.165) is 0 Å². The lowest BCUT2D eigenvalue weighted by Crippen LogP contribution is -1.66. The molecule has 0 aliphatic heterocycles. The van der Waals surface area contributed by atoms with E-state index in [-0.39, 0.29) is 9.90 Å². The highest BCUT2D eigenvalue weighted by molar-refractivity contribution is 7.45. The first-order valence-electron chi connectivity index (χ1n) is 1.57. The fourth-order valence-corrected chi connectivity index (χ4v) is 0. The van der Waals surface area contributed by atoms with Crippen LogP contribution in [0.15, 0.2) is 0 Å². The first-order valence-corrected chi connectivity index (χ1v) is 4.70. The van der Waals surface area contributed by atoms with Gasteiger partial charge in [-0.1, -0.05) is 0 Å². The van der Waals surface area contributed by atoms with E-state index >= 15 is 0 Å².